The van der Waals surface area contributed by atoms with Gasteiger partial charge in [-0.2, -0.15) is 5.26 Å². The molecule has 3 rings (SSSR count). The molecule has 0 saturated carbocycles. The summed E-state index contributed by atoms with van der Waals surface area (Å²) in [6, 6.07) is 26.3. The number of ether oxygens (including phenoxy) is 2. The average molecular weight is 398 g/mol. The first kappa shape index (κ1) is 20.7. The van der Waals surface area contributed by atoms with Crippen molar-refractivity contribution in [2.45, 2.75) is 6.42 Å². The molecule has 0 aliphatic heterocycles. The number of benzene rings is 3. The van der Waals surface area contributed by atoms with Gasteiger partial charge in [0, 0.05) is 12.1 Å². The van der Waals surface area contributed by atoms with Crippen LogP contribution < -0.4 is 14.8 Å². The van der Waals surface area contributed by atoms with Crippen LogP contribution in [-0.4, -0.2) is 19.6 Å². The predicted molar refractivity (Wildman–Crippen MR) is 117 cm³/mol. The van der Waals surface area contributed by atoms with Gasteiger partial charge in [0.1, 0.15) is 11.6 Å². The Morgan fingerprint density at radius 3 is 2.37 bits per heavy atom. The minimum Gasteiger partial charge on any atom is -0.493 e. The van der Waals surface area contributed by atoms with Gasteiger partial charge in [0.2, 0.25) is 0 Å². The summed E-state index contributed by atoms with van der Waals surface area (Å²) in [4.78, 5) is 12.4. The average Bonchev–Trinajstić information content (AvgIpc) is 2.79. The lowest BCUT2D eigenvalue weighted by Crippen LogP contribution is -2.13. The van der Waals surface area contributed by atoms with Gasteiger partial charge in [0.05, 0.1) is 13.7 Å². The molecule has 0 aliphatic carbocycles. The van der Waals surface area contributed by atoms with E-state index < -0.39 is 5.91 Å². The topological polar surface area (TPSA) is 71.3 Å². The molecular formula is C25H22N2O3. The summed E-state index contributed by atoms with van der Waals surface area (Å²) in [6.07, 6.45) is 2.30. The number of nitriles is 1. The van der Waals surface area contributed by atoms with Gasteiger partial charge >= 0.3 is 0 Å². The summed E-state index contributed by atoms with van der Waals surface area (Å²) in [5.41, 5.74) is 2.49. The Hall–Kier alpha value is -4.04. The maximum absolute atomic E-state index is 12.4. The highest BCUT2D eigenvalue weighted by atomic mass is 16.5. The standard InChI is InChI=1S/C25H22N2O3/c1-29-24-17-20(12-13-23(24)30-15-14-19-8-4-2-5-9-19)16-21(18-26)25(28)27-22-10-6-3-7-11-22/h2-13,16-17H,14-15H2,1H3,(H,27,28)/b21-16-. The van der Waals surface area contributed by atoms with E-state index in [0.717, 1.165) is 6.42 Å². The fourth-order valence-electron chi connectivity index (χ4n) is 2.85. The number of nitrogens with one attached hydrogen (secondary N) is 1. The second-order valence-corrected chi connectivity index (χ2v) is 6.48. The molecule has 0 fully saturated rings. The van der Waals surface area contributed by atoms with Gasteiger partial charge in [-0.15, -0.1) is 0 Å². The molecule has 1 amide bonds. The first-order valence-electron chi connectivity index (χ1n) is 9.52. The molecule has 0 radical (unpaired) electrons. The van der Waals surface area contributed by atoms with Crippen LogP contribution in [0.5, 0.6) is 11.5 Å². The van der Waals surface area contributed by atoms with Crippen molar-refractivity contribution in [1.29, 1.82) is 5.26 Å². The molecule has 0 atom stereocenters. The molecule has 5 heteroatoms. The van der Waals surface area contributed by atoms with Crippen LogP contribution >= 0.6 is 0 Å². The summed E-state index contributed by atoms with van der Waals surface area (Å²) in [5.74, 6) is 0.682. The van der Waals surface area contributed by atoms with E-state index in [-0.39, 0.29) is 5.57 Å². The third-order valence-corrected chi connectivity index (χ3v) is 4.39. The Morgan fingerprint density at radius 2 is 1.70 bits per heavy atom. The molecule has 150 valence electrons. The van der Waals surface area contributed by atoms with Crippen molar-refractivity contribution in [3.63, 3.8) is 0 Å². The highest BCUT2D eigenvalue weighted by Gasteiger charge is 2.11. The second-order valence-electron chi connectivity index (χ2n) is 6.48. The number of methoxy groups -OCH3 is 1. The van der Waals surface area contributed by atoms with E-state index in [1.54, 1.807) is 37.4 Å². The molecule has 30 heavy (non-hydrogen) atoms. The van der Waals surface area contributed by atoms with E-state index in [9.17, 15) is 10.1 Å². The summed E-state index contributed by atoms with van der Waals surface area (Å²) in [5, 5.41) is 12.1. The normalized spacial score (nSPS) is 10.7. The van der Waals surface area contributed by atoms with Crippen molar-refractivity contribution in [2.75, 3.05) is 19.0 Å². The summed E-state index contributed by atoms with van der Waals surface area (Å²) >= 11 is 0. The van der Waals surface area contributed by atoms with Gasteiger partial charge in [-0.25, -0.2) is 0 Å². The van der Waals surface area contributed by atoms with Gasteiger partial charge in [-0.1, -0.05) is 54.6 Å². The molecule has 0 spiro atoms. The maximum Gasteiger partial charge on any atom is 0.266 e. The van der Waals surface area contributed by atoms with Crippen molar-refractivity contribution in [3.8, 4) is 17.6 Å². The van der Waals surface area contributed by atoms with Crippen LogP contribution in [0.3, 0.4) is 0 Å². The number of nitrogens with zero attached hydrogens (tertiary/aromatic N) is 1. The number of carbonyl (C=O) groups excluding carboxylic acids is 1. The zero-order valence-corrected chi connectivity index (χ0v) is 16.7. The highest BCUT2D eigenvalue weighted by Crippen LogP contribution is 2.29. The summed E-state index contributed by atoms with van der Waals surface area (Å²) in [6.45, 7) is 0.512. The van der Waals surface area contributed by atoms with Crippen molar-refractivity contribution in [3.05, 3.63) is 95.6 Å². The molecule has 0 saturated heterocycles. The largest absolute Gasteiger partial charge is 0.493 e. The number of hydrogen-bond acceptors (Lipinski definition) is 4. The van der Waals surface area contributed by atoms with E-state index in [4.69, 9.17) is 9.47 Å². The van der Waals surface area contributed by atoms with E-state index in [1.807, 2.05) is 42.5 Å². The Bertz CT molecular complexity index is 1050. The monoisotopic (exact) mass is 398 g/mol. The quantitative estimate of drug-likeness (QED) is 0.434. The Morgan fingerprint density at radius 1 is 1.00 bits per heavy atom. The fourth-order valence-corrected chi connectivity index (χ4v) is 2.85. The lowest BCUT2D eigenvalue weighted by molar-refractivity contribution is -0.112. The van der Waals surface area contributed by atoms with E-state index in [1.165, 1.54) is 11.6 Å². The van der Waals surface area contributed by atoms with Crippen LogP contribution in [0.4, 0.5) is 5.69 Å². The number of anilines is 1. The van der Waals surface area contributed by atoms with Crippen LogP contribution in [0.2, 0.25) is 0 Å². The van der Waals surface area contributed by atoms with Gasteiger partial charge < -0.3 is 14.8 Å². The molecule has 0 aliphatic rings. The maximum atomic E-state index is 12.4. The molecule has 5 nitrogen and oxygen atoms in total. The van der Waals surface area contributed by atoms with Crippen LogP contribution in [-0.2, 0) is 11.2 Å². The zero-order valence-electron chi connectivity index (χ0n) is 16.7. The Labute approximate surface area is 176 Å². The number of para-hydroxylation sites is 1. The SMILES string of the molecule is COc1cc(/C=C(/C#N)C(=O)Nc2ccccc2)ccc1OCCc1ccccc1. The van der Waals surface area contributed by atoms with Crippen LogP contribution in [0.15, 0.2) is 84.4 Å². The second kappa shape index (κ2) is 10.5. The minimum atomic E-state index is -0.467. The van der Waals surface area contributed by atoms with Crippen LogP contribution in [0, 0.1) is 11.3 Å². The lowest BCUT2D eigenvalue weighted by atomic mass is 10.1. The molecule has 0 unspecified atom stereocenters. The van der Waals surface area contributed by atoms with E-state index >= 15 is 0 Å². The first-order valence-corrected chi connectivity index (χ1v) is 9.52. The molecule has 3 aromatic carbocycles. The molecule has 1 N–H and O–H groups in total. The zero-order chi connectivity index (χ0) is 21.2. The number of amides is 1. The molecular weight excluding hydrogens is 376 g/mol. The first-order chi connectivity index (χ1) is 14.7. The molecule has 0 aromatic heterocycles. The third kappa shape index (κ3) is 5.73. The Kier molecular flexibility index (Phi) is 7.23. The molecule has 0 heterocycles. The summed E-state index contributed by atoms with van der Waals surface area (Å²) in [7, 11) is 1.56. The Balaban J connectivity index is 1.69. The summed E-state index contributed by atoms with van der Waals surface area (Å²) < 4.78 is 11.3. The van der Waals surface area contributed by atoms with Crippen molar-refractivity contribution in [1.82, 2.24) is 0 Å². The third-order valence-electron chi connectivity index (χ3n) is 4.39. The van der Waals surface area contributed by atoms with E-state index in [2.05, 4.69) is 17.4 Å². The van der Waals surface area contributed by atoms with Crippen LogP contribution in [0.1, 0.15) is 11.1 Å². The number of rotatable bonds is 8. The van der Waals surface area contributed by atoms with Crippen LogP contribution in [0.25, 0.3) is 6.08 Å². The van der Waals surface area contributed by atoms with Crippen molar-refractivity contribution in [2.24, 2.45) is 0 Å². The van der Waals surface area contributed by atoms with Gasteiger partial charge in [0.15, 0.2) is 11.5 Å². The predicted octanol–water partition coefficient (Wildman–Crippen LogP) is 4.86. The van der Waals surface area contributed by atoms with Gasteiger partial charge in [0.25, 0.3) is 5.91 Å². The van der Waals surface area contributed by atoms with Crippen molar-refractivity contribution >= 4 is 17.7 Å². The van der Waals surface area contributed by atoms with Crippen molar-refractivity contribution < 1.29 is 14.3 Å². The smallest absolute Gasteiger partial charge is 0.266 e. The minimum absolute atomic E-state index is 0.00125. The van der Waals surface area contributed by atoms with E-state index in [0.29, 0.717) is 29.4 Å². The lowest BCUT2D eigenvalue weighted by Gasteiger charge is -2.11. The number of carbonyl (C=O) groups is 1. The van der Waals surface area contributed by atoms with Gasteiger partial charge in [-0.05, 0) is 41.5 Å². The number of hydrogen-bond donors (Lipinski definition) is 1. The molecule has 3 aromatic rings. The molecule has 0 bridgehead atoms. The van der Waals surface area contributed by atoms with Gasteiger partial charge in [-0.3, -0.25) is 4.79 Å². The fraction of sp³-hybridized carbons (Fsp3) is 0.120. The highest BCUT2D eigenvalue weighted by molar-refractivity contribution is 6.09.